The van der Waals surface area contributed by atoms with Crippen LogP contribution in [0, 0.1) is 0 Å². The third-order valence-electron chi connectivity index (χ3n) is 5.18. The molecule has 158 valence electrons. The first kappa shape index (κ1) is 21.5. The van der Waals surface area contributed by atoms with Gasteiger partial charge in [0.15, 0.2) is 0 Å². The molecule has 6 heteroatoms. The lowest BCUT2D eigenvalue weighted by Crippen LogP contribution is -2.31. The van der Waals surface area contributed by atoms with Gasteiger partial charge < -0.3 is 9.88 Å². The monoisotopic (exact) mass is 449 g/mol. The number of para-hydroxylation sites is 2. The smallest absolute Gasteiger partial charge is 0.251 e. The first-order valence-corrected chi connectivity index (χ1v) is 12.0. The number of hydrogen-bond acceptors (Lipinski definition) is 3. The van der Waals surface area contributed by atoms with Crippen LogP contribution in [-0.4, -0.2) is 27.5 Å². The molecule has 0 aliphatic carbocycles. The van der Waals surface area contributed by atoms with E-state index < -0.39 is 0 Å². The molecule has 1 aromatic heterocycles. The molecule has 1 amide bonds. The number of rotatable bonds is 8. The van der Waals surface area contributed by atoms with Crippen molar-refractivity contribution in [2.45, 2.75) is 19.0 Å². The van der Waals surface area contributed by atoms with Crippen LogP contribution in [0.2, 0.25) is 5.02 Å². The summed E-state index contributed by atoms with van der Waals surface area (Å²) >= 11 is 7.99. The summed E-state index contributed by atoms with van der Waals surface area (Å²) in [6, 6.07) is 25.1. The summed E-state index contributed by atoms with van der Waals surface area (Å²) in [5.41, 5.74) is 3.70. The minimum absolute atomic E-state index is 0.0898. The third kappa shape index (κ3) is 5.12. The van der Waals surface area contributed by atoms with Crippen LogP contribution in [0.1, 0.15) is 34.2 Å². The predicted molar refractivity (Wildman–Crippen MR) is 130 cm³/mol. The Labute approximate surface area is 191 Å². The van der Waals surface area contributed by atoms with Crippen LogP contribution in [0.3, 0.4) is 0 Å². The Morgan fingerprint density at radius 2 is 1.84 bits per heavy atom. The van der Waals surface area contributed by atoms with E-state index in [4.69, 9.17) is 16.6 Å². The number of aromatic nitrogens is 2. The number of fused-ring (bicyclic) bond motifs is 1. The van der Waals surface area contributed by atoms with Crippen LogP contribution >= 0.6 is 23.4 Å². The average Bonchev–Trinajstić information content (AvgIpc) is 3.15. The molecular weight excluding hydrogens is 426 g/mol. The fraction of sp³-hybridized carbons (Fsp3) is 0.200. The summed E-state index contributed by atoms with van der Waals surface area (Å²) in [7, 11) is 0. The van der Waals surface area contributed by atoms with E-state index in [0.717, 1.165) is 34.6 Å². The first-order chi connectivity index (χ1) is 15.2. The van der Waals surface area contributed by atoms with E-state index in [1.165, 1.54) is 0 Å². The quantitative estimate of drug-likeness (QED) is 0.361. The molecule has 4 nitrogen and oxygen atoms in total. The molecule has 0 saturated heterocycles. The topological polar surface area (TPSA) is 46.9 Å². The number of benzene rings is 3. The number of halogens is 1. The fourth-order valence-electron chi connectivity index (χ4n) is 3.68. The zero-order valence-electron chi connectivity index (χ0n) is 17.3. The van der Waals surface area contributed by atoms with Crippen molar-refractivity contribution >= 4 is 40.3 Å². The number of nitrogens with zero attached hydrogens (tertiary/aromatic N) is 2. The van der Waals surface area contributed by atoms with Crippen LogP contribution in [0.25, 0.3) is 11.0 Å². The van der Waals surface area contributed by atoms with Crippen molar-refractivity contribution in [3.8, 4) is 0 Å². The molecule has 0 radical (unpaired) electrons. The Morgan fingerprint density at radius 1 is 1.06 bits per heavy atom. The number of amides is 1. The zero-order valence-corrected chi connectivity index (χ0v) is 18.9. The zero-order chi connectivity index (χ0) is 21.6. The van der Waals surface area contributed by atoms with Crippen molar-refractivity contribution < 1.29 is 4.79 Å². The van der Waals surface area contributed by atoms with Gasteiger partial charge in [-0.2, -0.15) is 11.8 Å². The Hall–Kier alpha value is -2.76. The second kappa shape index (κ2) is 10.0. The van der Waals surface area contributed by atoms with Crippen LogP contribution < -0.4 is 5.32 Å². The molecule has 1 atom stereocenters. The van der Waals surface area contributed by atoms with Gasteiger partial charge in [0.2, 0.25) is 0 Å². The summed E-state index contributed by atoms with van der Waals surface area (Å²) in [5.74, 6) is 1.69. The Balaban J connectivity index is 1.73. The van der Waals surface area contributed by atoms with Gasteiger partial charge in [-0.05, 0) is 60.4 Å². The summed E-state index contributed by atoms with van der Waals surface area (Å²) < 4.78 is 2.19. The summed E-state index contributed by atoms with van der Waals surface area (Å²) in [5, 5.41) is 3.93. The summed E-state index contributed by atoms with van der Waals surface area (Å²) in [4.78, 5) is 17.9. The Bertz CT molecular complexity index is 1180. The Kier molecular flexibility index (Phi) is 6.95. The lowest BCUT2D eigenvalue weighted by molar-refractivity contribution is 0.0933. The second-order valence-corrected chi connectivity index (χ2v) is 8.77. The minimum atomic E-state index is -0.202. The standard InChI is InChI=1S/C25H24ClN3OS/c1-31-15-14-22(28-25(30)19-9-3-2-4-10-19)24-27-21-12-5-6-13-23(21)29(24)17-18-8-7-11-20(26)16-18/h2-13,16,22H,14-15,17H2,1H3,(H,28,30)/t22-/m1/s1. The van der Waals surface area contributed by atoms with E-state index in [0.29, 0.717) is 17.1 Å². The lowest BCUT2D eigenvalue weighted by atomic mass is 10.1. The number of imidazole rings is 1. The molecule has 0 saturated carbocycles. The maximum Gasteiger partial charge on any atom is 0.251 e. The normalized spacial score (nSPS) is 12.1. The largest absolute Gasteiger partial charge is 0.342 e. The number of carbonyl (C=O) groups excluding carboxylic acids is 1. The van der Waals surface area contributed by atoms with Gasteiger partial charge in [-0.25, -0.2) is 4.98 Å². The number of thioether (sulfide) groups is 1. The second-order valence-electron chi connectivity index (χ2n) is 7.35. The highest BCUT2D eigenvalue weighted by Crippen LogP contribution is 2.26. The van der Waals surface area contributed by atoms with E-state index in [1.54, 1.807) is 11.8 Å². The molecule has 0 aliphatic rings. The molecule has 4 rings (SSSR count). The van der Waals surface area contributed by atoms with E-state index in [-0.39, 0.29) is 11.9 Å². The minimum Gasteiger partial charge on any atom is -0.342 e. The van der Waals surface area contributed by atoms with Crippen molar-refractivity contribution in [1.82, 2.24) is 14.9 Å². The van der Waals surface area contributed by atoms with Crippen molar-refractivity contribution in [2.24, 2.45) is 0 Å². The molecule has 0 bridgehead atoms. The molecule has 3 aromatic carbocycles. The molecule has 31 heavy (non-hydrogen) atoms. The molecule has 0 spiro atoms. The van der Waals surface area contributed by atoms with Crippen molar-refractivity contribution in [1.29, 1.82) is 0 Å². The summed E-state index contributed by atoms with van der Waals surface area (Å²) in [6.45, 7) is 0.632. The molecular formula is C25H24ClN3OS. The highest BCUT2D eigenvalue weighted by atomic mass is 35.5. The Morgan fingerprint density at radius 3 is 2.61 bits per heavy atom. The van der Waals surface area contributed by atoms with Gasteiger partial charge in [0.05, 0.1) is 17.1 Å². The van der Waals surface area contributed by atoms with E-state index in [9.17, 15) is 4.79 Å². The molecule has 0 unspecified atom stereocenters. The lowest BCUT2D eigenvalue weighted by Gasteiger charge is -2.20. The van der Waals surface area contributed by atoms with Crippen LogP contribution in [0.5, 0.6) is 0 Å². The molecule has 4 aromatic rings. The molecule has 0 aliphatic heterocycles. The predicted octanol–water partition coefficient (Wildman–Crippen LogP) is 5.96. The number of hydrogen-bond donors (Lipinski definition) is 1. The van der Waals surface area contributed by atoms with Crippen LogP contribution in [0.4, 0.5) is 0 Å². The van der Waals surface area contributed by atoms with Gasteiger partial charge in [0.1, 0.15) is 5.82 Å². The van der Waals surface area contributed by atoms with Gasteiger partial charge in [-0.3, -0.25) is 4.79 Å². The van der Waals surface area contributed by atoms with Crippen molar-refractivity contribution in [3.63, 3.8) is 0 Å². The van der Waals surface area contributed by atoms with Gasteiger partial charge in [0, 0.05) is 17.1 Å². The highest BCUT2D eigenvalue weighted by Gasteiger charge is 2.22. The number of carbonyl (C=O) groups is 1. The third-order valence-corrected chi connectivity index (χ3v) is 6.06. The first-order valence-electron chi connectivity index (χ1n) is 10.2. The molecule has 1 N–H and O–H groups in total. The maximum atomic E-state index is 12.9. The van der Waals surface area contributed by atoms with E-state index in [2.05, 4.69) is 28.3 Å². The van der Waals surface area contributed by atoms with Gasteiger partial charge >= 0.3 is 0 Å². The van der Waals surface area contributed by atoms with Gasteiger partial charge in [-0.15, -0.1) is 0 Å². The number of nitrogens with one attached hydrogen (secondary N) is 1. The molecule has 0 fully saturated rings. The van der Waals surface area contributed by atoms with Crippen LogP contribution in [-0.2, 0) is 6.54 Å². The van der Waals surface area contributed by atoms with Gasteiger partial charge in [-0.1, -0.05) is 54.1 Å². The van der Waals surface area contributed by atoms with Crippen molar-refractivity contribution in [2.75, 3.05) is 12.0 Å². The van der Waals surface area contributed by atoms with E-state index in [1.807, 2.05) is 66.7 Å². The summed E-state index contributed by atoms with van der Waals surface area (Å²) in [6.07, 6.45) is 2.86. The average molecular weight is 450 g/mol. The highest BCUT2D eigenvalue weighted by molar-refractivity contribution is 7.98. The van der Waals surface area contributed by atoms with Gasteiger partial charge in [0.25, 0.3) is 5.91 Å². The maximum absolute atomic E-state index is 12.9. The van der Waals surface area contributed by atoms with Crippen molar-refractivity contribution in [3.05, 3.63) is 101 Å². The SMILES string of the molecule is CSCC[C@@H](NC(=O)c1ccccc1)c1nc2ccccc2n1Cc1cccc(Cl)c1. The van der Waals surface area contributed by atoms with E-state index >= 15 is 0 Å². The molecule has 1 heterocycles. The van der Waals surface area contributed by atoms with Crippen LogP contribution in [0.15, 0.2) is 78.9 Å². The fourth-order valence-corrected chi connectivity index (χ4v) is 4.36.